The molecule has 2 heterocycles. The van der Waals surface area contributed by atoms with Crippen molar-refractivity contribution >= 4 is 40.3 Å². The average molecular weight is 374 g/mol. The fraction of sp³-hybridized carbons (Fsp3) is 0.222. The van der Waals surface area contributed by atoms with Crippen molar-refractivity contribution in [1.82, 2.24) is 4.68 Å². The number of aryl methyl sites for hydroxylation is 2. The van der Waals surface area contributed by atoms with Gasteiger partial charge in [0.05, 0.1) is 11.5 Å². The average Bonchev–Trinajstić information content (AvgIpc) is 3.03. The number of phenols is 1. The standard InChI is InChI=1S/C18H18N2O3S2/c1-4-23-15-9-13(7-8-14(15)21)10-16-17(22)20(18(24)25-16)19-11(2)5-6-12(19)3/h5-10,21H,4H2,1-3H3/b16-10+. The van der Waals surface area contributed by atoms with Crippen molar-refractivity contribution in [2.45, 2.75) is 20.8 Å². The van der Waals surface area contributed by atoms with E-state index in [1.54, 1.807) is 24.3 Å². The van der Waals surface area contributed by atoms with Gasteiger partial charge in [0.2, 0.25) is 0 Å². The first-order valence-electron chi connectivity index (χ1n) is 7.81. The molecule has 0 saturated carbocycles. The summed E-state index contributed by atoms with van der Waals surface area (Å²) >= 11 is 6.67. The molecule has 1 N–H and O–H groups in total. The Morgan fingerprint density at radius 2 is 1.92 bits per heavy atom. The Hall–Kier alpha value is -2.25. The molecule has 0 aliphatic carbocycles. The van der Waals surface area contributed by atoms with E-state index < -0.39 is 0 Å². The van der Waals surface area contributed by atoms with Crippen molar-refractivity contribution in [2.75, 3.05) is 11.6 Å². The van der Waals surface area contributed by atoms with Gasteiger partial charge in [-0.3, -0.25) is 9.47 Å². The number of aromatic hydroxyl groups is 1. The maximum Gasteiger partial charge on any atom is 0.285 e. The van der Waals surface area contributed by atoms with E-state index in [4.69, 9.17) is 17.0 Å². The van der Waals surface area contributed by atoms with Crippen molar-refractivity contribution in [2.24, 2.45) is 0 Å². The van der Waals surface area contributed by atoms with Crippen LogP contribution in [-0.2, 0) is 4.79 Å². The third-order valence-electron chi connectivity index (χ3n) is 3.79. The van der Waals surface area contributed by atoms with Gasteiger partial charge in [0.25, 0.3) is 5.91 Å². The van der Waals surface area contributed by atoms with Gasteiger partial charge in [0.15, 0.2) is 15.8 Å². The molecule has 1 aliphatic rings. The molecule has 0 unspecified atom stereocenters. The van der Waals surface area contributed by atoms with Crippen LogP contribution in [0.3, 0.4) is 0 Å². The Bertz CT molecular complexity index is 867. The largest absolute Gasteiger partial charge is 0.504 e. The first kappa shape index (κ1) is 17.6. The molecule has 0 spiro atoms. The van der Waals surface area contributed by atoms with Crippen molar-refractivity contribution in [3.8, 4) is 11.5 Å². The molecule has 3 rings (SSSR count). The molecule has 1 aromatic carbocycles. The van der Waals surface area contributed by atoms with E-state index in [2.05, 4.69) is 0 Å². The van der Waals surface area contributed by atoms with E-state index in [9.17, 15) is 9.90 Å². The van der Waals surface area contributed by atoms with Crippen molar-refractivity contribution in [3.63, 3.8) is 0 Å². The molecule has 1 aliphatic heterocycles. The van der Waals surface area contributed by atoms with Crippen LogP contribution in [0.4, 0.5) is 0 Å². The number of rotatable bonds is 4. The van der Waals surface area contributed by atoms with Gasteiger partial charge >= 0.3 is 0 Å². The summed E-state index contributed by atoms with van der Waals surface area (Å²) in [6, 6.07) is 8.89. The van der Waals surface area contributed by atoms with Crippen LogP contribution in [0, 0.1) is 13.8 Å². The van der Waals surface area contributed by atoms with Crippen LogP contribution in [0.15, 0.2) is 35.2 Å². The number of nitrogens with zero attached hydrogens (tertiary/aromatic N) is 2. The number of thiocarbonyl (C=S) groups is 1. The minimum atomic E-state index is -0.163. The number of carbonyl (C=O) groups excluding carboxylic acids is 1. The minimum absolute atomic E-state index is 0.0742. The maximum absolute atomic E-state index is 12.8. The van der Waals surface area contributed by atoms with Crippen LogP contribution in [0.5, 0.6) is 11.5 Å². The molecule has 0 atom stereocenters. The second kappa shape index (κ2) is 6.93. The smallest absolute Gasteiger partial charge is 0.285 e. The van der Waals surface area contributed by atoms with Gasteiger partial charge in [-0.25, -0.2) is 0 Å². The topological polar surface area (TPSA) is 54.7 Å². The van der Waals surface area contributed by atoms with Gasteiger partial charge in [-0.2, -0.15) is 5.01 Å². The summed E-state index contributed by atoms with van der Waals surface area (Å²) in [5.41, 5.74) is 2.65. The number of benzene rings is 1. The molecular formula is C18H18N2O3S2. The Morgan fingerprint density at radius 3 is 2.56 bits per heavy atom. The first-order valence-corrected chi connectivity index (χ1v) is 9.04. The summed E-state index contributed by atoms with van der Waals surface area (Å²) in [4.78, 5) is 13.4. The van der Waals surface area contributed by atoms with Gasteiger partial charge in [0, 0.05) is 11.4 Å². The van der Waals surface area contributed by atoms with E-state index in [0.29, 0.717) is 21.6 Å². The number of aromatic nitrogens is 1. The summed E-state index contributed by atoms with van der Waals surface area (Å²) < 4.78 is 7.70. The summed E-state index contributed by atoms with van der Waals surface area (Å²) in [6.45, 7) is 6.16. The molecule has 7 heteroatoms. The third kappa shape index (κ3) is 3.29. The number of hydrogen-bond acceptors (Lipinski definition) is 5. The second-order valence-corrected chi connectivity index (χ2v) is 7.26. The highest BCUT2D eigenvalue weighted by atomic mass is 32.2. The number of carbonyl (C=O) groups is 1. The molecule has 1 fully saturated rings. The van der Waals surface area contributed by atoms with Crippen LogP contribution in [-0.4, -0.2) is 26.6 Å². The molecule has 1 saturated heterocycles. The fourth-order valence-electron chi connectivity index (χ4n) is 2.65. The van der Waals surface area contributed by atoms with E-state index >= 15 is 0 Å². The monoisotopic (exact) mass is 374 g/mol. The highest BCUT2D eigenvalue weighted by Gasteiger charge is 2.34. The molecule has 0 radical (unpaired) electrons. The highest BCUT2D eigenvalue weighted by molar-refractivity contribution is 8.27. The quantitative estimate of drug-likeness (QED) is 0.653. The number of thioether (sulfide) groups is 1. The van der Waals surface area contributed by atoms with Gasteiger partial charge in [-0.05, 0) is 68.9 Å². The Balaban J connectivity index is 1.95. The molecule has 5 nitrogen and oxygen atoms in total. The molecular weight excluding hydrogens is 356 g/mol. The highest BCUT2D eigenvalue weighted by Crippen LogP contribution is 2.34. The van der Waals surface area contributed by atoms with Crippen LogP contribution >= 0.6 is 24.0 Å². The summed E-state index contributed by atoms with van der Waals surface area (Å²) in [5, 5.41) is 11.3. The number of phenolic OH excluding ortho intramolecular Hbond substituents is 1. The summed E-state index contributed by atoms with van der Waals surface area (Å²) in [7, 11) is 0. The summed E-state index contributed by atoms with van der Waals surface area (Å²) in [5.74, 6) is 0.303. The fourth-order valence-corrected chi connectivity index (χ4v) is 3.89. The van der Waals surface area contributed by atoms with Crippen LogP contribution in [0.1, 0.15) is 23.9 Å². The second-order valence-electron chi connectivity index (χ2n) is 5.58. The Kier molecular flexibility index (Phi) is 4.87. The van der Waals surface area contributed by atoms with Gasteiger partial charge in [-0.1, -0.05) is 17.8 Å². The summed E-state index contributed by atoms with van der Waals surface area (Å²) in [6.07, 6.45) is 1.76. The van der Waals surface area contributed by atoms with Crippen LogP contribution in [0.2, 0.25) is 0 Å². The molecule has 1 amide bonds. The number of amides is 1. The van der Waals surface area contributed by atoms with Crippen LogP contribution in [0.25, 0.3) is 6.08 Å². The van der Waals surface area contributed by atoms with Crippen molar-refractivity contribution < 1.29 is 14.6 Å². The predicted octanol–water partition coefficient (Wildman–Crippen LogP) is 3.75. The molecule has 130 valence electrons. The van der Waals surface area contributed by atoms with E-state index in [1.165, 1.54) is 16.8 Å². The Morgan fingerprint density at radius 1 is 1.24 bits per heavy atom. The molecule has 1 aromatic heterocycles. The van der Waals surface area contributed by atoms with Crippen molar-refractivity contribution in [3.05, 3.63) is 52.2 Å². The van der Waals surface area contributed by atoms with E-state index in [-0.39, 0.29) is 11.7 Å². The van der Waals surface area contributed by atoms with Crippen LogP contribution < -0.4 is 9.75 Å². The molecule has 2 aromatic rings. The first-order chi connectivity index (χ1) is 11.9. The lowest BCUT2D eigenvalue weighted by Crippen LogP contribution is -2.39. The minimum Gasteiger partial charge on any atom is -0.504 e. The lowest BCUT2D eigenvalue weighted by molar-refractivity contribution is -0.114. The number of ether oxygens (including phenoxy) is 1. The zero-order chi connectivity index (χ0) is 18.1. The molecule has 25 heavy (non-hydrogen) atoms. The Labute approximate surface area is 155 Å². The van der Waals surface area contributed by atoms with E-state index in [0.717, 1.165) is 17.0 Å². The zero-order valence-electron chi connectivity index (χ0n) is 14.1. The van der Waals surface area contributed by atoms with Crippen molar-refractivity contribution in [1.29, 1.82) is 0 Å². The number of hydrogen-bond donors (Lipinski definition) is 1. The molecule has 0 bridgehead atoms. The van der Waals surface area contributed by atoms with E-state index in [1.807, 2.05) is 37.6 Å². The maximum atomic E-state index is 12.8. The normalized spacial score (nSPS) is 16.1. The lowest BCUT2D eigenvalue weighted by Gasteiger charge is -2.20. The third-order valence-corrected chi connectivity index (χ3v) is 5.07. The predicted molar refractivity (Wildman–Crippen MR) is 105 cm³/mol. The van der Waals surface area contributed by atoms with Gasteiger partial charge in [0.1, 0.15) is 0 Å². The zero-order valence-corrected chi connectivity index (χ0v) is 15.8. The lowest BCUT2D eigenvalue weighted by atomic mass is 10.2. The SMILES string of the molecule is CCOc1cc(/C=C2/SC(=S)N(n3c(C)ccc3C)C2=O)ccc1O. The van der Waals surface area contributed by atoms with Gasteiger partial charge in [-0.15, -0.1) is 0 Å². The van der Waals surface area contributed by atoms with Gasteiger partial charge < -0.3 is 9.84 Å².